The van der Waals surface area contributed by atoms with Gasteiger partial charge in [-0.2, -0.15) is 5.26 Å². The van der Waals surface area contributed by atoms with Crippen molar-refractivity contribution >= 4 is 27.5 Å². The number of hydrogen-bond donors (Lipinski definition) is 1. The quantitative estimate of drug-likeness (QED) is 0.877. The van der Waals surface area contributed by atoms with Gasteiger partial charge in [0, 0.05) is 10.5 Å². The average Bonchev–Trinajstić information content (AvgIpc) is 2.43. The second-order valence-electron chi connectivity index (χ2n) is 4.95. The number of nitrogens with zero attached hydrogens (tertiary/aromatic N) is 1. The highest BCUT2D eigenvalue weighted by Gasteiger charge is 2.40. The highest BCUT2D eigenvalue weighted by Crippen LogP contribution is 2.38. The molecule has 1 aromatic rings. The summed E-state index contributed by atoms with van der Waals surface area (Å²) < 4.78 is 26.8. The van der Waals surface area contributed by atoms with E-state index in [2.05, 4.69) is 27.3 Å². The van der Waals surface area contributed by atoms with E-state index in [1.807, 2.05) is 0 Å². The van der Waals surface area contributed by atoms with E-state index in [0.717, 1.165) is 25.3 Å². The molecule has 1 N–H and O–H groups in total. The highest BCUT2D eigenvalue weighted by molar-refractivity contribution is 9.10. The fourth-order valence-corrected chi connectivity index (χ4v) is 2.95. The predicted octanol–water partition coefficient (Wildman–Crippen LogP) is 4.14. The Labute approximate surface area is 124 Å². The van der Waals surface area contributed by atoms with Crippen LogP contribution in [0.2, 0.25) is 0 Å². The largest absolute Gasteiger partial charge is 0.321 e. The second kappa shape index (κ2) is 5.88. The lowest BCUT2D eigenvalue weighted by molar-refractivity contribution is -0.124. The number of carbonyl (C=O) groups excluding carboxylic acids is 1. The van der Waals surface area contributed by atoms with Crippen molar-refractivity contribution in [2.45, 2.75) is 32.1 Å². The van der Waals surface area contributed by atoms with E-state index in [1.165, 1.54) is 0 Å². The summed E-state index contributed by atoms with van der Waals surface area (Å²) in [6.45, 7) is 0. The lowest BCUT2D eigenvalue weighted by Crippen LogP contribution is -2.37. The van der Waals surface area contributed by atoms with Crippen LogP contribution in [-0.2, 0) is 4.79 Å². The van der Waals surface area contributed by atoms with E-state index in [0.29, 0.717) is 18.9 Å². The number of carbonyl (C=O) groups is 1. The molecule has 0 atom stereocenters. The number of nitriles is 1. The molecule has 2 rings (SSSR count). The fourth-order valence-electron chi connectivity index (χ4n) is 2.44. The maximum Gasteiger partial charge on any atom is 0.244 e. The summed E-state index contributed by atoms with van der Waals surface area (Å²) in [7, 11) is 0. The molecule has 6 heteroatoms. The van der Waals surface area contributed by atoms with Crippen LogP contribution in [-0.4, -0.2) is 5.91 Å². The van der Waals surface area contributed by atoms with Crippen LogP contribution >= 0.6 is 15.9 Å². The maximum absolute atomic E-state index is 13.7. The highest BCUT2D eigenvalue weighted by atomic mass is 79.9. The summed E-state index contributed by atoms with van der Waals surface area (Å²) in [6, 6.07) is 3.83. The van der Waals surface area contributed by atoms with Gasteiger partial charge in [-0.05, 0) is 34.8 Å². The molecule has 1 saturated carbocycles. The molecule has 0 spiro atoms. The minimum Gasteiger partial charge on any atom is -0.321 e. The smallest absolute Gasteiger partial charge is 0.244 e. The van der Waals surface area contributed by atoms with Crippen molar-refractivity contribution in [1.82, 2.24) is 0 Å². The standard InChI is InChI=1S/C14H13BrF2N2O/c15-10-6-9(16)7-11(17)12(10)19-13(20)14(8-18)4-2-1-3-5-14/h6-7H,1-5H2,(H,19,20). The molecule has 1 fully saturated rings. The fraction of sp³-hybridized carbons (Fsp3) is 0.429. The van der Waals surface area contributed by atoms with Crippen molar-refractivity contribution in [3.63, 3.8) is 0 Å². The first-order valence-corrected chi connectivity index (χ1v) is 7.15. The zero-order chi connectivity index (χ0) is 14.8. The molecule has 0 bridgehead atoms. The van der Waals surface area contributed by atoms with Crippen LogP contribution < -0.4 is 5.32 Å². The molecule has 20 heavy (non-hydrogen) atoms. The first-order valence-electron chi connectivity index (χ1n) is 6.36. The van der Waals surface area contributed by atoms with Gasteiger partial charge in [0.2, 0.25) is 5.91 Å². The van der Waals surface area contributed by atoms with E-state index in [9.17, 15) is 18.8 Å². The van der Waals surface area contributed by atoms with Crippen LogP contribution in [0.25, 0.3) is 0 Å². The molecule has 1 aliphatic rings. The van der Waals surface area contributed by atoms with Crippen LogP contribution in [0.5, 0.6) is 0 Å². The van der Waals surface area contributed by atoms with Crippen molar-refractivity contribution in [1.29, 1.82) is 5.26 Å². The van der Waals surface area contributed by atoms with E-state index < -0.39 is 23.0 Å². The molecule has 1 aromatic carbocycles. The lowest BCUT2D eigenvalue weighted by atomic mass is 9.74. The van der Waals surface area contributed by atoms with Gasteiger partial charge in [0.05, 0.1) is 11.8 Å². The number of hydrogen-bond acceptors (Lipinski definition) is 2. The van der Waals surface area contributed by atoms with Crippen LogP contribution in [0.1, 0.15) is 32.1 Å². The molecule has 0 aliphatic heterocycles. The Hall–Kier alpha value is -1.48. The van der Waals surface area contributed by atoms with Crippen molar-refractivity contribution in [2.24, 2.45) is 5.41 Å². The molecule has 0 saturated heterocycles. The summed E-state index contributed by atoms with van der Waals surface area (Å²) in [6.07, 6.45) is 3.53. The molecule has 106 valence electrons. The Bertz CT molecular complexity index is 554. The summed E-state index contributed by atoms with van der Waals surface area (Å²) >= 11 is 3.01. The SMILES string of the molecule is N#CC1(C(=O)Nc2c(F)cc(F)cc2Br)CCCCC1. The van der Waals surface area contributed by atoms with Crippen molar-refractivity contribution in [3.05, 3.63) is 28.2 Å². The third kappa shape index (κ3) is 2.83. The number of amides is 1. The molecule has 0 unspecified atom stereocenters. The zero-order valence-electron chi connectivity index (χ0n) is 10.7. The minimum absolute atomic E-state index is 0.118. The van der Waals surface area contributed by atoms with Gasteiger partial charge in [-0.25, -0.2) is 8.78 Å². The topological polar surface area (TPSA) is 52.9 Å². The lowest BCUT2D eigenvalue weighted by Gasteiger charge is -2.29. The van der Waals surface area contributed by atoms with Crippen LogP contribution in [0.3, 0.4) is 0 Å². The summed E-state index contributed by atoms with van der Waals surface area (Å²) in [5.74, 6) is -2.12. The number of halogens is 3. The molecule has 0 aromatic heterocycles. The number of rotatable bonds is 2. The Morgan fingerprint density at radius 3 is 2.50 bits per heavy atom. The van der Waals surface area contributed by atoms with Gasteiger partial charge in [-0.3, -0.25) is 4.79 Å². The van der Waals surface area contributed by atoms with Crippen LogP contribution in [0, 0.1) is 28.4 Å². The molecule has 0 radical (unpaired) electrons. The maximum atomic E-state index is 13.7. The molecular formula is C14H13BrF2N2O. The van der Waals surface area contributed by atoms with Gasteiger partial charge < -0.3 is 5.32 Å². The molecular weight excluding hydrogens is 330 g/mol. The van der Waals surface area contributed by atoms with Crippen LogP contribution in [0.15, 0.2) is 16.6 Å². The zero-order valence-corrected chi connectivity index (χ0v) is 12.3. The van der Waals surface area contributed by atoms with E-state index >= 15 is 0 Å². The van der Waals surface area contributed by atoms with Crippen molar-refractivity contribution in [3.8, 4) is 6.07 Å². The van der Waals surface area contributed by atoms with Gasteiger partial charge >= 0.3 is 0 Å². The normalized spacial score (nSPS) is 17.3. The third-order valence-corrected chi connectivity index (χ3v) is 4.23. The van der Waals surface area contributed by atoms with Gasteiger partial charge in [-0.1, -0.05) is 19.3 Å². The molecule has 0 heterocycles. The Morgan fingerprint density at radius 2 is 1.95 bits per heavy atom. The van der Waals surface area contributed by atoms with Crippen molar-refractivity contribution in [2.75, 3.05) is 5.32 Å². The predicted molar refractivity (Wildman–Crippen MR) is 73.8 cm³/mol. The monoisotopic (exact) mass is 342 g/mol. The van der Waals surface area contributed by atoms with Gasteiger partial charge in [0.25, 0.3) is 0 Å². The Morgan fingerprint density at radius 1 is 1.30 bits per heavy atom. The Kier molecular flexibility index (Phi) is 4.39. The van der Waals surface area contributed by atoms with Crippen LogP contribution in [0.4, 0.5) is 14.5 Å². The summed E-state index contributed by atoms with van der Waals surface area (Å²) in [5, 5.41) is 11.7. The average molecular weight is 343 g/mol. The molecule has 1 amide bonds. The van der Waals surface area contributed by atoms with E-state index in [1.54, 1.807) is 0 Å². The molecule has 3 nitrogen and oxygen atoms in total. The van der Waals surface area contributed by atoms with E-state index in [-0.39, 0.29) is 10.2 Å². The molecule has 1 aliphatic carbocycles. The Balaban J connectivity index is 2.26. The second-order valence-corrected chi connectivity index (χ2v) is 5.81. The van der Waals surface area contributed by atoms with Crippen molar-refractivity contribution < 1.29 is 13.6 Å². The summed E-state index contributed by atoms with van der Waals surface area (Å²) in [4.78, 5) is 12.3. The first kappa shape index (κ1) is 14.9. The van der Waals surface area contributed by atoms with Gasteiger partial charge in [-0.15, -0.1) is 0 Å². The third-order valence-electron chi connectivity index (χ3n) is 3.60. The minimum atomic E-state index is -1.11. The first-order chi connectivity index (χ1) is 9.48. The van der Waals surface area contributed by atoms with Gasteiger partial charge in [0.1, 0.15) is 11.2 Å². The van der Waals surface area contributed by atoms with Gasteiger partial charge in [0.15, 0.2) is 5.82 Å². The van der Waals surface area contributed by atoms with E-state index in [4.69, 9.17) is 0 Å². The number of nitrogens with one attached hydrogen (secondary N) is 1. The number of benzene rings is 1. The summed E-state index contributed by atoms with van der Waals surface area (Å²) in [5.41, 5.74) is -1.24. The number of anilines is 1.